The summed E-state index contributed by atoms with van der Waals surface area (Å²) in [4.78, 5) is 11.2. The van der Waals surface area contributed by atoms with Gasteiger partial charge in [-0.2, -0.15) is 12.7 Å². The van der Waals surface area contributed by atoms with Crippen molar-refractivity contribution in [1.82, 2.24) is 4.31 Å². The Bertz CT molecular complexity index is 642. The molecular formula is C11H12Cl2N2O4S. The molecule has 2 rings (SSSR count). The van der Waals surface area contributed by atoms with Gasteiger partial charge >= 0.3 is 16.2 Å². The van der Waals surface area contributed by atoms with Crippen molar-refractivity contribution in [2.75, 3.05) is 17.8 Å². The van der Waals surface area contributed by atoms with E-state index in [-0.39, 0.29) is 21.3 Å². The Morgan fingerprint density at radius 2 is 1.85 bits per heavy atom. The highest BCUT2D eigenvalue weighted by atomic mass is 35.5. The first-order valence-electron chi connectivity index (χ1n) is 5.81. The average molecular weight is 339 g/mol. The van der Waals surface area contributed by atoms with Crippen LogP contribution >= 0.6 is 23.2 Å². The van der Waals surface area contributed by atoms with Gasteiger partial charge in [0.25, 0.3) is 0 Å². The van der Waals surface area contributed by atoms with Gasteiger partial charge in [0, 0.05) is 18.1 Å². The van der Waals surface area contributed by atoms with Gasteiger partial charge in [-0.25, -0.2) is 4.79 Å². The molecule has 6 nitrogen and oxygen atoms in total. The molecule has 9 heteroatoms. The van der Waals surface area contributed by atoms with Gasteiger partial charge in [-0.1, -0.05) is 23.2 Å². The molecule has 2 N–H and O–H groups in total. The van der Waals surface area contributed by atoms with Crippen LogP contribution in [0.4, 0.5) is 5.69 Å². The fourth-order valence-corrected chi connectivity index (χ4v) is 3.91. The lowest BCUT2D eigenvalue weighted by Crippen LogP contribution is -2.33. The van der Waals surface area contributed by atoms with Crippen LogP contribution in [0.5, 0.6) is 0 Å². The van der Waals surface area contributed by atoms with E-state index in [1.54, 1.807) is 0 Å². The standard InChI is InChI=1S/C11H12Cl2N2O4S/c12-7-5-8(11(16)17)10(9(13)6-7)14-20(18,19)15-3-1-2-4-15/h5-6,14H,1-4H2,(H,16,17). The minimum absolute atomic E-state index is 0.0577. The molecular weight excluding hydrogens is 327 g/mol. The van der Waals surface area contributed by atoms with E-state index in [9.17, 15) is 13.2 Å². The van der Waals surface area contributed by atoms with E-state index in [0.717, 1.165) is 18.9 Å². The summed E-state index contributed by atoms with van der Waals surface area (Å²) in [5.41, 5.74) is -0.458. The van der Waals surface area contributed by atoms with Gasteiger partial charge in [0.05, 0.1) is 16.3 Å². The molecule has 1 aliphatic rings. The Balaban J connectivity index is 2.40. The van der Waals surface area contributed by atoms with Gasteiger partial charge in [0.1, 0.15) is 0 Å². The highest BCUT2D eigenvalue weighted by Gasteiger charge is 2.27. The average Bonchev–Trinajstić information content (AvgIpc) is 2.86. The molecule has 0 bridgehead atoms. The Hall–Kier alpha value is -1.02. The number of carboxylic acids is 1. The Labute approximate surface area is 126 Å². The van der Waals surface area contributed by atoms with Crippen molar-refractivity contribution in [2.45, 2.75) is 12.8 Å². The number of hydrogen-bond donors (Lipinski definition) is 2. The minimum Gasteiger partial charge on any atom is -0.478 e. The molecule has 0 radical (unpaired) electrons. The van der Waals surface area contributed by atoms with E-state index in [1.165, 1.54) is 10.4 Å². The summed E-state index contributed by atoms with van der Waals surface area (Å²) < 4.78 is 27.8. The Morgan fingerprint density at radius 3 is 2.40 bits per heavy atom. The van der Waals surface area contributed by atoms with Crippen LogP contribution < -0.4 is 4.72 Å². The number of anilines is 1. The third-order valence-corrected chi connectivity index (χ3v) is 4.94. The van der Waals surface area contributed by atoms with Crippen LogP contribution in [0, 0.1) is 0 Å². The predicted molar refractivity (Wildman–Crippen MR) is 76.8 cm³/mol. The Kier molecular flexibility index (Phi) is 4.43. The van der Waals surface area contributed by atoms with E-state index < -0.39 is 16.2 Å². The third kappa shape index (κ3) is 3.17. The summed E-state index contributed by atoms with van der Waals surface area (Å²) in [6, 6.07) is 2.44. The zero-order valence-electron chi connectivity index (χ0n) is 10.3. The van der Waals surface area contributed by atoms with Gasteiger partial charge < -0.3 is 5.11 Å². The second-order valence-corrected chi connectivity index (χ2v) is 6.84. The summed E-state index contributed by atoms with van der Waals surface area (Å²) in [6.07, 6.45) is 1.56. The molecule has 1 heterocycles. The maximum atomic E-state index is 12.1. The molecule has 110 valence electrons. The van der Waals surface area contributed by atoms with Crippen LogP contribution in [-0.4, -0.2) is 36.9 Å². The number of aromatic carboxylic acids is 1. The van der Waals surface area contributed by atoms with Gasteiger partial charge in [-0.15, -0.1) is 0 Å². The quantitative estimate of drug-likeness (QED) is 0.882. The van der Waals surface area contributed by atoms with Crippen molar-refractivity contribution in [1.29, 1.82) is 0 Å². The highest BCUT2D eigenvalue weighted by Crippen LogP contribution is 2.31. The van der Waals surface area contributed by atoms with Crippen molar-refractivity contribution >= 4 is 45.1 Å². The molecule has 0 aromatic heterocycles. The number of carboxylic acid groups (broad SMARTS) is 1. The zero-order valence-corrected chi connectivity index (χ0v) is 12.6. The van der Waals surface area contributed by atoms with Crippen molar-refractivity contribution in [2.24, 2.45) is 0 Å². The monoisotopic (exact) mass is 338 g/mol. The first kappa shape index (κ1) is 15.4. The molecule has 0 spiro atoms. The van der Waals surface area contributed by atoms with Crippen molar-refractivity contribution in [3.05, 3.63) is 27.7 Å². The van der Waals surface area contributed by atoms with Crippen LogP contribution in [0.15, 0.2) is 12.1 Å². The van der Waals surface area contributed by atoms with Crippen LogP contribution in [0.3, 0.4) is 0 Å². The van der Waals surface area contributed by atoms with Gasteiger partial charge in [0.2, 0.25) is 0 Å². The van der Waals surface area contributed by atoms with Crippen LogP contribution in [0.25, 0.3) is 0 Å². The maximum Gasteiger partial charge on any atom is 0.337 e. The summed E-state index contributed by atoms with van der Waals surface area (Å²) in [7, 11) is -3.81. The molecule has 0 atom stereocenters. The minimum atomic E-state index is -3.81. The first-order chi connectivity index (χ1) is 9.31. The van der Waals surface area contributed by atoms with Gasteiger partial charge in [-0.3, -0.25) is 4.72 Å². The lowest BCUT2D eigenvalue weighted by Gasteiger charge is -2.18. The lowest BCUT2D eigenvalue weighted by molar-refractivity contribution is 0.0698. The maximum absolute atomic E-state index is 12.1. The summed E-state index contributed by atoms with van der Waals surface area (Å²) in [6.45, 7) is 0.811. The molecule has 0 saturated carbocycles. The van der Waals surface area contributed by atoms with Crippen LogP contribution in [0.1, 0.15) is 23.2 Å². The number of nitrogens with one attached hydrogen (secondary N) is 1. The summed E-state index contributed by atoms with van der Waals surface area (Å²) >= 11 is 11.6. The summed E-state index contributed by atoms with van der Waals surface area (Å²) in [5, 5.41) is 9.18. The highest BCUT2D eigenvalue weighted by molar-refractivity contribution is 7.90. The van der Waals surface area contributed by atoms with Crippen molar-refractivity contribution in [3.8, 4) is 0 Å². The zero-order chi connectivity index (χ0) is 14.9. The van der Waals surface area contributed by atoms with E-state index in [0.29, 0.717) is 13.1 Å². The normalized spacial score (nSPS) is 16.3. The number of nitrogens with zero attached hydrogens (tertiary/aromatic N) is 1. The van der Waals surface area contributed by atoms with E-state index in [4.69, 9.17) is 28.3 Å². The number of halogens is 2. The number of benzene rings is 1. The fourth-order valence-electron chi connectivity index (χ4n) is 1.97. The molecule has 1 aromatic rings. The number of rotatable bonds is 4. The molecule has 1 saturated heterocycles. The molecule has 1 fully saturated rings. The molecule has 20 heavy (non-hydrogen) atoms. The molecule has 0 amide bonds. The van der Waals surface area contributed by atoms with E-state index in [1.807, 2.05) is 0 Å². The smallest absolute Gasteiger partial charge is 0.337 e. The van der Waals surface area contributed by atoms with Crippen molar-refractivity contribution < 1.29 is 18.3 Å². The largest absolute Gasteiger partial charge is 0.478 e. The topological polar surface area (TPSA) is 86.7 Å². The molecule has 1 aliphatic heterocycles. The Morgan fingerprint density at radius 1 is 1.25 bits per heavy atom. The van der Waals surface area contributed by atoms with E-state index >= 15 is 0 Å². The third-order valence-electron chi connectivity index (χ3n) is 2.92. The van der Waals surface area contributed by atoms with Crippen LogP contribution in [0.2, 0.25) is 10.0 Å². The van der Waals surface area contributed by atoms with Gasteiger partial charge in [0.15, 0.2) is 0 Å². The number of hydrogen-bond acceptors (Lipinski definition) is 3. The predicted octanol–water partition coefficient (Wildman–Crippen LogP) is 2.44. The second-order valence-electron chi connectivity index (χ2n) is 4.33. The molecule has 1 aromatic carbocycles. The van der Waals surface area contributed by atoms with Crippen molar-refractivity contribution in [3.63, 3.8) is 0 Å². The first-order valence-corrected chi connectivity index (χ1v) is 8.01. The second kappa shape index (κ2) is 5.77. The fraction of sp³-hybridized carbons (Fsp3) is 0.364. The summed E-state index contributed by atoms with van der Waals surface area (Å²) in [5.74, 6) is -1.31. The SMILES string of the molecule is O=C(O)c1cc(Cl)cc(Cl)c1NS(=O)(=O)N1CCCC1. The molecule has 0 unspecified atom stereocenters. The van der Waals surface area contributed by atoms with E-state index in [2.05, 4.69) is 4.72 Å². The lowest BCUT2D eigenvalue weighted by atomic mass is 10.2. The van der Waals surface area contributed by atoms with Gasteiger partial charge in [-0.05, 0) is 25.0 Å². The molecule has 0 aliphatic carbocycles. The number of carbonyl (C=O) groups is 1. The van der Waals surface area contributed by atoms with Crippen LogP contribution in [-0.2, 0) is 10.2 Å².